The van der Waals surface area contributed by atoms with Crippen LogP contribution in [0.25, 0.3) is 5.57 Å². The maximum Gasteiger partial charge on any atom is 0.341 e. The fraction of sp³-hybridized carbons (Fsp3) is 0.158. The third kappa shape index (κ3) is 3.06. The molecule has 2 aromatic carbocycles. The van der Waals surface area contributed by atoms with Gasteiger partial charge in [-0.3, -0.25) is 4.79 Å². The summed E-state index contributed by atoms with van der Waals surface area (Å²) in [5.74, 6) is -0.237. The van der Waals surface area contributed by atoms with E-state index in [2.05, 4.69) is 10.6 Å². The molecule has 2 aromatic rings. The lowest BCUT2D eigenvalue weighted by Gasteiger charge is -2.10. The number of rotatable bonds is 4. The van der Waals surface area contributed by atoms with E-state index in [0.29, 0.717) is 22.6 Å². The standard InChI is InChI=1S/C19H18N2O4/c1-11-5-4-6-15-17(11)14(18(22)21-15)10-20-12-7-8-13(19(23)25-3)16(9-12)24-2/h4-10,20H,1-3H3,(H,21,22). The monoisotopic (exact) mass is 338 g/mol. The number of hydrogen-bond donors (Lipinski definition) is 2. The Labute approximate surface area is 145 Å². The molecule has 1 aliphatic heterocycles. The van der Waals surface area contributed by atoms with Gasteiger partial charge in [0.15, 0.2) is 0 Å². The molecule has 25 heavy (non-hydrogen) atoms. The van der Waals surface area contributed by atoms with Gasteiger partial charge in [0.05, 0.1) is 19.8 Å². The number of ether oxygens (including phenoxy) is 2. The molecule has 6 heteroatoms. The van der Waals surface area contributed by atoms with Gasteiger partial charge in [-0.1, -0.05) is 12.1 Å². The number of methoxy groups -OCH3 is 2. The number of aryl methyl sites for hydroxylation is 1. The summed E-state index contributed by atoms with van der Waals surface area (Å²) in [6.45, 7) is 1.96. The molecule has 6 nitrogen and oxygen atoms in total. The highest BCUT2D eigenvalue weighted by molar-refractivity contribution is 6.32. The first-order valence-electron chi connectivity index (χ1n) is 7.69. The molecular weight excluding hydrogens is 320 g/mol. The lowest BCUT2D eigenvalue weighted by Crippen LogP contribution is -2.06. The quantitative estimate of drug-likeness (QED) is 0.661. The Kier molecular flexibility index (Phi) is 4.43. The molecule has 1 heterocycles. The van der Waals surface area contributed by atoms with Crippen LogP contribution in [0.5, 0.6) is 5.75 Å². The van der Waals surface area contributed by atoms with Crippen molar-refractivity contribution in [1.29, 1.82) is 0 Å². The minimum absolute atomic E-state index is 0.157. The van der Waals surface area contributed by atoms with Crippen LogP contribution in [0.4, 0.5) is 11.4 Å². The molecule has 0 saturated heterocycles. The number of fused-ring (bicyclic) bond motifs is 1. The highest BCUT2D eigenvalue weighted by atomic mass is 16.5. The fourth-order valence-corrected chi connectivity index (χ4v) is 2.79. The van der Waals surface area contributed by atoms with Crippen LogP contribution in [0.3, 0.4) is 0 Å². The number of nitrogens with one attached hydrogen (secondary N) is 2. The van der Waals surface area contributed by atoms with Gasteiger partial charge in [0, 0.05) is 29.2 Å². The Hall–Kier alpha value is -3.28. The van der Waals surface area contributed by atoms with Crippen LogP contribution >= 0.6 is 0 Å². The minimum Gasteiger partial charge on any atom is -0.496 e. The minimum atomic E-state index is -0.471. The number of anilines is 2. The highest BCUT2D eigenvalue weighted by Crippen LogP contribution is 2.34. The molecule has 0 radical (unpaired) electrons. The summed E-state index contributed by atoms with van der Waals surface area (Å²) in [6.07, 6.45) is 1.65. The van der Waals surface area contributed by atoms with Crippen LogP contribution in [0, 0.1) is 6.92 Å². The summed E-state index contributed by atoms with van der Waals surface area (Å²) in [5.41, 5.74) is 4.29. The Morgan fingerprint density at radius 1 is 1.20 bits per heavy atom. The van der Waals surface area contributed by atoms with Crippen LogP contribution in [-0.4, -0.2) is 26.1 Å². The van der Waals surface area contributed by atoms with E-state index in [0.717, 1.165) is 16.8 Å². The molecule has 128 valence electrons. The number of hydrogen-bond acceptors (Lipinski definition) is 5. The molecule has 0 unspecified atom stereocenters. The average Bonchev–Trinajstić information content (AvgIpc) is 2.95. The van der Waals surface area contributed by atoms with E-state index in [1.807, 2.05) is 25.1 Å². The maximum atomic E-state index is 12.2. The molecule has 1 amide bonds. The summed E-state index contributed by atoms with van der Waals surface area (Å²) in [4.78, 5) is 23.9. The first-order chi connectivity index (χ1) is 12.0. The van der Waals surface area contributed by atoms with E-state index < -0.39 is 5.97 Å². The van der Waals surface area contributed by atoms with Gasteiger partial charge in [0.1, 0.15) is 11.3 Å². The van der Waals surface area contributed by atoms with Crippen molar-refractivity contribution in [1.82, 2.24) is 0 Å². The summed E-state index contributed by atoms with van der Waals surface area (Å²) in [7, 11) is 2.80. The molecule has 2 N–H and O–H groups in total. The lowest BCUT2D eigenvalue weighted by molar-refractivity contribution is -0.110. The van der Waals surface area contributed by atoms with E-state index in [-0.39, 0.29) is 5.91 Å². The van der Waals surface area contributed by atoms with Crippen LogP contribution in [0.2, 0.25) is 0 Å². The summed E-state index contributed by atoms with van der Waals surface area (Å²) >= 11 is 0. The van der Waals surface area contributed by atoms with Gasteiger partial charge in [-0.05, 0) is 30.7 Å². The zero-order chi connectivity index (χ0) is 18.0. The van der Waals surface area contributed by atoms with Crippen LogP contribution in [0.1, 0.15) is 21.5 Å². The summed E-state index contributed by atoms with van der Waals surface area (Å²) < 4.78 is 9.96. The van der Waals surface area contributed by atoms with Crippen LogP contribution in [0.15, 0.2) is 42.6 Å². The number of benzene rings is 2. The number of carbonyl (C=O) groups excluding carboxylic acids is 2. The predicted molar refractivity (Wildman–Crippen MR) is 95.7 cm³/mol. The van der Waals surface area contributed by atoms with Crippen molar-refractivity contribution in [3.8, 4) is 5.75 Å². The second-order valence-electron chi connectivity index (χ2n) is 5.56. The zero-order valence-electron chi connectivity index (χ0n) is 14.2. The Morgan fingerprint density at radius 2 is 2.00 bits per heavy atom. The van der Waals surface area contributed by atoms with E-state index >= 15 is 0 Å². The Morgan fingerprint density at radius 3 is 2.72 bits per heavy atom. The zero-order valence-corrected chi connectivity index (χ0v) is 14.2. The van der Waals surface area contributed by atoms with Crippen molar-refractivity contribution in [2.75, 3.05) is 24.9 Å². The molecule has 0 spiro atoms. The third-order valence-corrected chi connectivity index (χ3v) is 4.02. The Balaban J connectivity index is 1.91. The lowest BCUT2D eigenvalue weighted by atomic mass is 10.0. The van der Waals surface area contributed by atoms with Gasteiger partial charge in [-0.15, -0.1) is 0 Å². The molecule has 0 bridgehead atoms. The number of amides is 1. The van der Waals surface area contributed by atoms with Crippen molar-refractivity contribution >= 4 is 28.8 Å². The Bertz CT molecular complexity index is 887. The fourth-order valence-electron chi connectivity index (χ4n) is 2.79. The molecule has 0 atom stereocenters. The molecule has 0 saturated carbocycles. The molecule has 0 fully saturated rings. The smallest absolute Gasteiger partial charge is 0.341 e. The second-order valence-corrected chi connectivity index (χ2v) is 5.56. The number of esters is 1. The first-order valence-corrected chi connectivity index (χ1v) is 7.69. The highest BCUT2D eigenvalue weighted by Gasteiger charge is 2.25. The van der Waals surface area contributed by atoms with Gasteiger partial charge < -0.3 is 20.1 Å². The van der Waals surface area contributed by atoms with Gasteiger partial charge in [0.25, 0.3) is 5.91 Å². The van der Waals surface area contributed by atoms with Crippen molar-refractivity contribution < 1.29 is 19.1 Å². The number of carbonyl (C=O) groups is 2. The van der Waals surface area contributed by atoms with Crippen molar-refractivity contribution in [2.24, 2.45) is 0 Å². The van der Waals surface area contributed by atoms with Crippen molar-refractivity contribution in [3.63, 3.8) is 0 Å². The van der Waals surface area contributed by atoms with Gasteiger partial charge in [-0.25, -0.2) is 4.79 Å². The van der Waals surface area contributed by atoms with Gasteiger partial charge in [-0.2, -0.15) is 0 Å². The average molecular weight is 338 g/mol. The molecule has 0 aromatic heterocycles. The first kappa shape index (κ1) is 16.6. The van der Waals surface area contributed by atoms with Crippen molar-refractivity contribution in [3.05, 3.63) is 59.3 Å². The molecular formula is C19H18N2O4. The van der Waals surface area contributed by atoms with E-state index in [4.69, 9.17) is 9.47 Å². The molecule has 3 rings (SSSR count). The van der Waals surface area contributed by atoms with E-state index in [1.54, 1.807) is 24.4 Å². The maximum absolute atomic E-state index is 12.2. The van der Waals surface area contributed by atoms with E-state index in [1.165, 1.54) is 14.2 Å². The van der Waals surface area contributed by atoms with Gasteiger partial charge in [0.2, 0.25) is 0 Å². The predicted octanol–water partition coefficient (Wildman–Crippen LogP) is 3.20. The molecule has 1 aliphatic rings. The van der Waals surface area contributed by atoms with E-state index in [9.17, 15) is 9.59 Å². The van der Waals surface area contributed by atoms with Crippen molar-refractivity contribution in [2.45, 2.75) is 6.92 Å². The summed E-state index contributed by atoms with van der Waals surface area (Å²) in [5, 5.41) is 5.93. The topological polar surface area (TPSA) is 76.7 Å². The largest absolute Gasteiger partial charge is 0.496 e. The SMILES string of the molecule is COC(=O)c1ccc(NC=C2C(=O)Nc3cccc(C)c32)cc1OC. The third-order valence-electron chi connectivity index (χ3n) is 4.02. The summed E-state index contributed by atoms with van der Waals surface area (Å²) in [6, 6.07) is 10.7. The van der Waals surface area contributed by atoms with Gasteiger partial charge >= 0.3 is 5.97 Å². The molecule has 0 aliphatic carbocycles. The normalized spacial score (nSPS) is 14.0. The van der Waals surface area contributed by atoms with Crippen LogP contribution < -0.4 is 15.4 Å². The van der Waals surface area contributed by atoms with Crippen LogP contribution in [-0.2, 0) is 9.53 Å². The second kappa shape index (κ2) is 6.68.